The Morgan fingerprint density at radius 1 is 1.43 bits per heavy atom. The fraction of sp³-hybridized carbons (Fsp3) is 0.643. The molecule has 21 heavy (non-hydrogen) atoms. The first-order valence-corrected chi connectivity index (χ1v) is 7.98. The second-order valence-corrected chi connectivity index (χ2v) is 6.63. The highest BCUT2D eigenvalue weighted by Gasteiger charge is 2.37. The number of carbonyl (C=O) groups is 2. The average molecular weight is 309 g/mol. The minimum Gasteiger partial charge on any atom is -0.365 e. The number of rotatable bonds is 5. The molecule has 7 heteroatoms. The summed E-state index contributed by atoms with van der Waals surface area (Å²) in [5.41, 5.74) is 2.72. The van der Waals surface area contributed by atoms with Crippen LogP contribution in [0.4, 0.5) is 0 Å². The molecule has 0 aromatic carbocycles. The lowest BCUT2D eigenvalue weighted by atomic mass is 10.1. The van der Waals surface area contributed by atoms with E-state index in [1.54, 1.807) is 24.5 Å². The van der Waals surface area contributed by atoms with Gasteiger partial charge in [0.1, 0.15) is 11.5 Å². The summed E-state index contributed by atoms with van der Waals surface area (Å²) in [7, 11) is 3.40. The molecule has 2 fully saturated rings. The van der Waals surface area contributed by atoms with Gasteiger partial charge in [-0.2, -0.15) is 0 Å². The van der Waals surface area contributed by atoms with Crippen LogP contribution in [-0.2, 0) is 9.53 Å². The van der Waals surface area contributed by atoms with E-state index >= 15 is 0 Å². The monoisotopic (exact) mass is 309 g/mol. The van der Waals surface area contributed by atoms with E-state index in [1.165, 1.54) is 16.2 Å². The van der Waals surface area contributed by atoms with Crippen LogP contribution in [-0.4, -0.2) is 66.5 Å². The number of hydrogen-bond acceptors (Lipinski definition) is 5. The van der Waals surface area contributed by atoms with Gasteiger partial charge in [0.15, 0.2) is 0 Å². The van der Waals surface area contributed by atoms with Crippen LogP contribution in [0.5, 0.6) is 0 Å². The third kappa shape index (κ3) is 3.08. The molecule has 0 unspecified atom stereocenters. The third-order valence-electron chi connectivity index (χ3n) is 3.83. The topological polar surface area (TPSA) is 62.7 Å². The van der Waals surface area contributed by atoms with Crippen molar-refractivity contribution in [1.82, 2.24) is 14.8 Å². The van der Waals surface area contributed by atoms with Crippen LogP contribution in [0.25, 0.3) is 0 Å². The predicted octanol–water partition coefficient (Wildman–Crippen LogP) is 0.950. The molecule has 2 amide bonds. The highest BCUT2D eigenvalue weighted by Crippen LogP contribution is 2.42. The van der Waals surface area contributed by atoms with Crippen molar-refractivity contribution < 1.29 is 14.3 Å². The normalized spacial score (nSPS) is 18.5. The van der Waals surface area contributed by atoms with Gasteiger partial charge < -0.3 is 14.5 Å². The molecule has 0 bridgehead atoms. The number of likely N-dealkylation sites (tertiary alicyclic amines) is 1. The van der Waals surface area contributed by atoms with E-state index in [1.807, 2.05) is 0 Å². The Bertz CT molecular complexity index is 547. The summed E-state index contributed by atoms with van der Waals surface area (Å²) in [6.45, 7) is 1.19. The van der Waals surface area contributed by atoms with Crippen LogP contribution < -0.4 is 0 Å². The van der Waals surface area contributed by atoms with Crippen molar-refractivity contribution in [3.63, 3.8) is 0 Å². The lowest BCUT2D eigenvalue weighted by molar-refractivity contribution is -0.138. The largest absolute Gasteiger partial charge is 0.365 e. The molecular formula is C14H19N3O3S. The summed E-state index contributed by atoms with van der Waals surface area (Å²) in [5, 5.41) is 0. The highest BCUT2D eigenvalue weighted by molar-refractivity contribution is 7.11. The number of aromatic nitrogens is 1. The van der Waals surface area contributed by atoms with Crippen LogP contribution in [0.3, 0.4) is 0 Å². The molecule has 1 aromatic heterocycles. The Kier molecular flexibility index (Phi) is 3.95. The molecule has 1 aromatic rings. The van der Waals surface area contributed by atoms with Gasteiger partial charge in [0.05, 0.1) is 17.3 Å². The maximum Gasteiger partial charge on any atom is 0.266 e. The molecule has 2 heterocycles. The van der Waals surface area contributed by atoms with E-state index in [4.69, 9.17) is 4.74 Å². The fourth-order valence-corrected chi connectivity index (χ4v) is 3.08. The highest BCUT2D eigenvalue weighted by atomic mass is 32.1. The first kappa shape index (κ1) is 14.5. The molecule has 1 saturated carbocycles. The second-order valence-electron chi connectivity index (χ2n) is 5.77. The molecule has 6 nitrogen and oxygen atoms in total. The third-order valence-corrected chi connectivity index (χ3v) is 4.66. The summed E-state index contributed by atoms with van der Waals surface area (Å²) >= 11 is 1.42. The van der Waals surface area contributed by atoms with Gasteiger partial charge in [0.25, 0.3) is 5.91 Å². The SMILES string of the molecule is CN(C)C(=O)COC1CN(C(=O)c2scnc2C2CC2)C1. The average Bonchev–Trinajstić information content (AvgIpc) is 3.13. The van der Waals surface area contributed by atoms with Gasteiger partial charge >= 0.3 is 0 Å². The zero-order chi connectivity index (χ0) is 15.0. The minimum atomic E-state index is -0.0572. The van der Waals surface area contributed by atoms with Gasteiger partial charge in [-0.15, -0.1) is 11.3 Å². The zero-order valence-corrected chi connectivity index (χ0v) is 13.1. The maximum atomic E-state index is 12.4. The number of amides is 2. The van der Waals surface area contributed by atoms with Gasteiger partial charge in [0.2, 0.25) is 5.91 Å². The van der Waals surface area contributed by atoms with Gasteiger partial charge in [0, 0.05) is 33.1 Å². The van der Waals surface area contributed by atoms with Crippen molar-refractivity contribution in [2.75, 3.05) is 33.8 Å². The van der Waals surface area contributed by atoms with Gasteiger partial charge in [-0.3, -0.25) is 9.59 Å². The Balaban J connectivity index is 1.48. The van der Waals surface area contributed by atoms with E-state index in [0.717, 1.165) is 23.4 Å². The Labute approximate surface area is 127 Å². The summed E-state index contributed by atoms with van der Waals surface area (Å²) in [5.74, 6) is 0.484. The molecular weight excluding hydrogens is 290 g/mol. The molecule has 1 saturated heterocycles. The van der Waals surface area contributed by atoms with Crippen molar-refractivity contribution in [3.05, 3.63) is 16.1 Å². The lowest BCUT2D eigenvalue weighted by Crippen LogP contribution is -2.55. The molecule has 3 rings (SSSR count). The van der Waals surface area contributed by atoms with E-state index in [2.05, 4.69) is 4.98 Å². The van der Waals surface area contributed by atoms with Crippen molar-refractivity contribution >= 4 is 23.2 Å². The molecule has 1 aliphatic heterocycles. The minimum absolute atomic E-state index is 0.0323. The summed E-state index contributed by atoms with van der Waals surface area (Å²) in [4.78, 5) is 32.2. The summed E-state index contributed by atoms with van der Waals surface area (Å²) < 4.78 is 5.49. The second kappa shape index (κ2) is 5.73. The molecule has 1 aliphatic carbocycles. The van der Waals surface area contributed by atoms with E-state index in [0.29, 0.717) is 19.0 Å². The van der Waals surface area contributed by atoms with Crippen molar-refractivity contribution in [2.24, 2.45) is 0 Å². The smallest absolute Gasteiger partial charge is 0.266 e. The maximum absolute atomic E-state index is 12.4. The van der Waals surface area contributed by atoms with Crippen molar-refractivity contribution in [1.29, 1.82) is 0 Å². The predicted molar refractivity (Wildman–Crippen MR) is 78.4 cm³/mol. The van der Waals surface area contributed by atoms with Gasteiger partial charge in [-0.1, -0.05) is 0 Å². The van der Waals surface area contributed by atoms with E-state index < -0.39 is 0 Å². The van der Waals surface area contributed by atoms with Crippen LogP contribution in [0.15, 0.2) is 5.51 Å². The Hall–Kier alpha value is -1.47. The standard InChI is InChI=1S/C14H19N3O3S/c1-16(2)11(18)7-20-10-5-17(6-10)14(19)13-12(9-3-4-9)15-8-21-13/h8-10H,3-7H2,1-2H3. The Morgan fingerprint density at radius 3 is 2.76 bits per heavy atom. The molecule has 0 N–H and O–H groups in total. The number of likely N-dealkylation sites (N-methyl/N-ethyl adjacent to an activating group) is 1. The molecule has 2 aliphatic rings. The van der Waals surface area contributed by atoms with E-state index in [9.17, 15) is 9.59 Å². The molecule has 114 valence electrons. The number of carbonyl (C=O) groups excluding carboxylic acids is 2. The summed E-state index contributed by atoms with van der Waals surface area (Å²) in [6, 6.07) is 0. The number of nitrogens with zero attached hydrogens (tertiary/aromatic N) is 3. The van der Waals surface area contributed by atoms with Crippen LogP contribution in [0.2, 0.25) is 0 Å². The molecule has 0 radical (unpaired) electrons. The zero-order valence-electron chi connectivity index (χ0n) is 12.2. The van der Waals surface area contributed by atoms with E-state index in [-0.39, 0.29) is 24.5 Å². The first-order chi connectivity index (χ1) is 10.1. The lowest BCUT2D eigenvalue weighted by Gasteiger charge is -2.38. The van der Waals surface area contributed by atoms with Crippen molar-refractivity contribution in [2.45, 2.75) is 24.9 Å². The van der Waals surface area contributed by atoms with Crippen LogP contribution in [0.1, 0.15) is 34.1 Å². The first-order valence-electron chi connectivity index (χ1n) is 7.10. The van der Waals surface area contributed by atoms with Crippen LogP contribution >= 0.6 is 11.3 Å². The Morgan fingerprint density at radius 2 is 2.14 bits per heavy atom. The number of ether oxygens (including phenoxy) is 1. The van der Waals surface area contributed by atoms with Gasteiger partial charge in [-0.05, 0) is 12.8 Å². The fourth-order valence-electron chi connectivity index (χ4n) is 2.23. The summed E-state index contributed by atoms with van der Waals surface area (Å²) in [6.07, 6.45) is 2.25. The quantitative estimate of drug-likeness (QED) is 0.812. The number of hydrogen-bond donors (Lipinski definition) is 0. The van der Waals surface area contributed by atoms with Crippen molar-refractivity contribution in [3.8, 4) is 0 Å². The van der Waals surface area contributed by atoms with Gasteiger partial charge in [-0.25, -0.2) is 4.98 Å². The number of thiazole rings is 1. The molecule has 0 spiro atoms. The molecule has 0 atom stereocenters. The van der Waals surface area contributed by atoms with Crippen LogP contribution in [0, 0.1) is 0 Å².